The van der Waals surface area contributed by atoms with Crippen LogP contribution in [0.3, 0.4) is 0 Å². The Kier molecular flexibility index (Phi) is 10.6. The van der Waals surface area contributed by atoms with E-state index in [1.165, 1.54) is 6.42 Å². The van der Waals surface area contributed by atoms with Crippen molar-refractivity contribution >= 4 is 11.9 Å². The number of ether oxygens (including phenoxy) is 3. The number of esters is 2. The van der Waals surface area contributed by atoms with Crippen LogP contribution in [-0.2, 0) is 14.3 Å². The number of rotatable bonds is 12. The van der Waals surface area contributed by atoms with Gasteiger partial charge in [0.2, 0.25) is 0 Å². The first-order valence-electron chi connectivity index (χ1n) is 13.2. The molecule has 2 aromatic carbocycles. The topological polar surface area (TPSA) is 61.8 Å². The molecule has 3 rings (SSSR count). The molecule has 0 bridgehead atoms. The Morgan fingerprint density at radius 1 is 0.917 bits per heavy atom. The number of benzene rings is 2. The van der Waals surface area contributed by atoms with Gasteiger partial charge in [-0.2, -0.15) is 0 Å². The second-order valence-corrected chi connectivity index (χ2v) is 10.2. The van der Waals surface area contributed by atoms with Crippen LogP contribution in [0.15, 0.2) is 61.2 Å². The predicted octanol–water partition coefficient (Wildman–Crippen LogP) is 7.39. The van der Waals surface area contributed by atoms with E-state index in [4.69, 9.17) is 14.2 Å². The maximum absolute atomic E-state index is 12.4. The first kappa shape index (κ1) is 27.5. The van der Waals surface area contributed by atoms with Gasteiger partial charge in [-0.25, -0.2) is 0 Å². The van der Waals surface area contributed by atoms with Crippen molar-refractivity contribution in [2.24, 2.45) is 17.8 Å². The molecule has 194 valence electrons. The number of carbonyl (C=O) groups is 2. The van der Waals surface area contributed by atoms with E-state index in [0.717, 1.165) is 29.7 Å². The second-order valence-electron chi connectivity index (χ2n) is 10.2. The Hall–Kier alpha value is -3.08. The fraction of sp³-hybridized carbons (Fsp3) is 0.484. The van der Waals surface area contributed by atoms with E-state index in [1.807, 2.05) is 36.4 Å². The third-order valence-electron chi connectivity index (χ3n) is 6.90. The molecule has 36 heavy (non-hydrogen) atoms. The molecule has 5 heteroatoms. The van der Waals surface area contributed by atoms with E-state index in [0.29, 0.717) is 49.4 Å². The van der Waals surface area contributed by atoms with Crippen LogP contribution < -0.4 is 9.47 Å². The van der Waals surface area contributed by atoms with Gasteiger partial charge in [-0.15, -0.1) is 0 Å². The average Bonchev–Trinajstić information content (AvgIpc) is 2.86. The quantitative estimate of drug-likeness (QED) is 0.134. The maximum Gasteiger partial charge on any atom is 0.311 e. The minimum atomic E-state index is -0.291. The highest BCUT2D eigenvalue weighted by Crippen LogP contribution is 2.35. The third-order valence-corrected chi connectivity index (χ3v) is 6.90. The molecule has 0 radical (unpaired) electrons. The van der Waals surface area contributed by atoms with Crippen LogP contribution >= 0.6 is 0 Å². The lowest BCUT2D eigenvalue weighted by Gasteiger charge is -2.36. The zero-order valence-electron chi connectivity index (χ0n) is 21.9. The number of unbranched alkanes of at least 4 members (excludes halogenated alkanes) is 1. The summed E-state index contributed by atoms with van der Waals surface area (Å²) in [4.78, 5) is 24.6. The summed E-state index contributed by atoms with van der Waals surface area (Å²) >= 11 is 0. The highest BCUT2D eigenvalue weighted by molar-refractivity contribution is 5.73. The van der Waals surface area contributed by atoms with E-state index < -0.39 is 0 Å². The van der Waals surface area contributed by atoms with Gasteiger partial charge in [0.1, 0.15) is 24.2 Å². The van der Waals surface area contributed by atoms with Crippen LogP contribution in [0, 0.1) is 17.8 Å². The Morgan fingerprint density at radius 3 is 2.08 bits per heavy atom. The smallest absolute Gasteiger partial charge is 0.311 e. The molecule has 1 saturated carbocycles. The number of hydrogen-bond donors (Lipinski definition) is 0. The lowest BCUT2D eigenvalue weighted by Crippen LogP contribution is -2.35. The van der Waals surface area contributed by atoms with Gasteiger partial charge in [0.25, 0.3) is 0 Å². The molecule has 3 unspecified atom stereocenters. The van der Waals surface area contributed by atoms with E-state index in [2.05, 4.69) is 27.4 Å². The van der Waals surface area contributed by atoms with Gasteiger partial charge in [-0.3, -0.25) is 9.59 Å². The van der Waals surface area contributed by atoms with Crippen molar-refractivity contribution in [3.63, 3.8) is 0 Å². The minimum Gasteiger partial charge on any atom is -0.490 e. The molecule has 1 aliphatic carbocycles. The van der Waals surface area contributed by atoms with Gasteiger partial charge in [-0.1, -0.05) is 64.1 Å². The Bertz CT molecular complexity index is 977. The van der Waals surface area contributed by atoms with Gasteiger partial charge in [0.05, 0.1) is 0 Å². The van der Waals surface area contributed by atoms with E-state index in [-0.39, 0.29) is 24.5 Å². The molecule has 0 heterocycles. The predicted molar refractivity (Wildman–Crippen MR) is 143 cm³/mol. The first-order chi connectivity index (χ1) is 17.4. The van der Waals surface area contributed by atoms with Crippen LogP contribution in [0.2, 0.25) is 0 Å². The Balaban J connectivity index is 1.37. The lowest BCUT2D eigenvalue weighted by molar-refractivity contribution is -0.156. The van der Waals surface area contributed by atoms with Crippen molar-refractivity contribution in [1.29, 1.82) is 0 Å². The largest absolute Gasteiger partial charge is 0.490 e. The molecular formula is C31H40O5. The first-order valence-corrected chi connectivity index (χ1v) is 13.2. The van der Waals surface area contributed by atoms with Crippen LogP contribution in [-0.4, -0.2) is 24.6 Å². The Labute approximate surface area is 215 Å². The van der Waals surface area contributed by atoms with Crippen LogP contribution in [0.1, 0.15) is 65.7 Å². The highest BCUT2D eigenvalue weighted by atomic mass is 16.5. The standard InChI is InChI=1S/C31H40O5/c1-5-20-34-26-15-11-24(12-16-26)25-13-17-27(18-14-25)35-30(32)8-6-7-9-31(33)36-29-21-23(4)10-19-28(29)22(2)3/h5,11-18,22-23,28-29H,1,6-10,19-21H2,2-4H3. The summed E-state index contributed by atoms with van der Waals surface area (Å²) in [5.41, 5.74) is 2.07. The molecule has 0 aliphatic heterocycles. The molecule has 1 aliphatic rings. The second kappa shape index (κ2) is 13.9. The molecule has 0 aromatic heterocycles. The number of carbonyl (C=O) groups excluding carboxylic acids is 2. The summed E-state index contributed by atoms with van der Waals surface area (Å²) in [6.45, 7) is 10.8. The maximum atomic E-state index is 12.4. The van der Waals surface area contributed by atoms with Crippen molar-refractivity contribution in [3.05, 3.63) is 61.2 Å². The van der Waals surface area contributed by atoms with E-state index >= 15 is 0 Å². The Morgan fingerprint density at radius 2 is 1.50 bits per heavy atom. The average molecular weight is 493 g/mol. The van der Waals surface area contributed by atoms with Gasteiger partial charge >= 0.3 is 11.9 Å². The highest BCUT2D eigenvalue weighted by Gasteiger charge is 2.33. The fourth-order valence-electron chi connectivity index (χ4n) is 4.81. The molecule has 3 atom stereocenters. The van der Waals surface area contributed by atoms with Crippen LogP contribution in [0.25, 0.3) is 11.1 Å². The SMILES string of the molecule is C=CCOc1ccc(-c2ccc(OC(=O)CCCCC(=O)OC3CC(C)CCC3C(C)C)cc2)cc1. The van der Waals surface area contributed by atoms with Gasteiger partial charge in [0, 0.05) is 12.8 Å². The molecule has 5 nitrogen and oxygen atoms in total. The molecule has 0 amide bonds. The summed E-state index contributed by atoms with van der Waals surface area (Å²) in [6, 6.07) is 15.3. The summed E-state index contributed by atoms with van der Waals surface area (Å²) in [7, 11) is 0. The zero-order valence-corrected chi connectivity index (χ0v) is 21.9. The number of hydrogen-bond acceptors (Lipinski definition) is 5. The van der Waals surface area contributed by atoms with E-state index in [9.17, 15) is 9.59 Å². The third kappa shape index (κ3) is 8.54. The molecular weight excluding hydrogens is 452 g/mol. The summed E-state index contributed by atoms with van der Waals surface area (Å²) in [5, 5.41) is 0. The zero-order chi connectivity index (χ0) is 25.9. The summed E-state index contributed by atoms with van der Waals surface area (Å²) in [6.07, 6.45) is 6.86. The van der Waals surface area contributed by atoms with Crippen molar-refractivity contribution in [1.82, 2.24) is 0 Å². The molecule has 2 aromatic rings. The minimum absolute atomic E-state index is 0.0257. The molecule has 0 spiro atoms. The monoisotopic (exact) mass is 492 g/mol. The lowest BCUT2D eigenvalue weighted by atomic mass is 9.75. The fourth-order valence-corrected chi connectivity index (χ4v) is 4.81. The van der Waals surface area contributed by atoms with E-state index in [1.54, 1.807) is 18.2 Å². The normalized spacial score (nSPS) is 19.5. The summed E-state index contributed by atoms with van der Waals surface area (Å²) < 4.78 is 16.8. The van der Waals surface area contributed by atoms with Crippen molar-refractivity contribution in [3.8, 4) is 22.6 Å². The van der Waals surface area contributed by atoms with Gasteiger partial charge in [-0.05, 0) is 78.8 Å². The molecule has 0 N–H and O–H groups in total. The van der Waals surface area contributed by atoms with Crippen LogP contribution in [0.5, 0.6) is 11.5 Å². The van der Waals surface area contributed by atoms with Crippen molar-refractivity contribution in [2.75, 3.05) is 6.61 Å². The van der Waals surface area contributed by atoms with Crippen molar-refractivity contribution in [2.45, 2.75) is 71.8 Å². The van der Waals surface area contributed by atoms with Crippen molar-refractivity contribution < 1.29 is 23.8 Å². The van der Waals surface area contributed by atoms with Crippen LogP contribution in [0.4, 0.5) is 0 Å². The van der Waals surface area contributed by atoms with Gasteiger partial charge < -0.3 is 14.2 Å². The molecule has 0 saturated heterocycles. The summed E-state index contributed by atoms with van der Waals surface area (Å²) in [5.74, 6) is 2.43. The molecule has 1 fully saturated rings. The van der Waals surface area contributed by atoms with Gasteiger partial charge in [0.15, 0.2) is 0 Å².